The van der Waals surface area contributed by atoms with Gasteiger partial charge in [0.05, 0.1) is 24.2 Å². The second-order valence-electron chi connectivity index (χ2n) is 7.15. The van der Waals surface area contributed by atoms with Crippen molar-refractivity contribution in [3.8, 4) is 0 Å². The van der Waals surface area contributed by atoms with E-state index in [2.05, 4.69) is 44.4 Å². The van der Waals surface area contributed by atoms with E-state index < -0.39 is 5.60 Å². The van der Waals surface area contributed by atoms with E-state index in [1.807, 2.05) is 36.6 Å². The van der Waals surface area contributed by atoms with Crippen molar-refractivity contribution < 1.29 is 5.11 Å². The van der Waals surface area contributed by atoms with Gasteiger partial charge in [0.1, 0.15) is 0 Å². The number of rotatable bonds is 7. The zero-order valence-electron chi connectivity index (χ0n) is 17.6. The Kier molecular flexibility index (Phi) is 7.28. The molecule has 3 aromatic heterocycles. The zero-order chi connectivity index (χ0) is 20.7. The molecule has 0 aliphatic rings. The number of aliphatic hydroxyl groups is 1. The van der Waals surface area contributed by atoms with Crippen molar-refractivity contribution in [1.29, 1.82) is 0 Å². The number of imidazole rings is 1. The van der Waals surface area contributed by atoms with E-state index in [-0.39, 0.29) is 6.04 Å². The lowest BCUT2D eigenvalue weighted by atomic mass is 10.1. The number of nitrogens with one attached hydrogen (secondary N) is 2. The van der Waals surface area contributed by atoms with Crippen LogP contribution in [-0.4, -0.2) is 41.8 Å². The average Bonchev–Trinajstić information content (AvgIpc) is 3.11. The van der Waals surface area contributed by atoms with E-state index in [4.69, 9.17) is 0 Å². The highest BCUT2D eigenvalue weighted by Crippen LogP contribution is 2.24. The molecule has 8 nitrogen and oxygen atoms in total. The summed E-state index contributed by atoms with van der Waals surface area (Å²) < 4.78 is 2.00. The van der Waals surface area contributed by atoms with Crippen LogP contribution in [0.2, 0.25) is 0 Å². The predicted octanol–water partition coefficient (Wildman–Crippen LogP) is 3.62. The molecule has 0 aliphatic heterocycles. The van der Waals surface area contributed by atoms with Crippen molar-refractivity contribution in [1.82, 2.24) is 24.5 Å². The summed E-state index contributed by atoms with van der Waals surface area (Å²) in [7, 11) is 0. The average molecular weight is 386 g/mol. The van der Waals surface area contributed by atoms with Gasteiger partial charge >= 0.3 is 0 Å². The first-order valence-corrected chi connectivity index (χ1v) is 9.68. The van der Waals surface area contributed by atoms with Crippen LogP contribution < -0.4 is 10.6 Å². The van der Waals surface area contributed by atoms with E-state index >= 15 is 0 Å². The van der Waals surface area contributed by atoms with Gasteiger partial charge in [-0.1, -0.05) is 19.9 Å². The molecule has 0 bridgehead atoms. The standard InChI is InChI=1S/C18H25N7O.C2H6/c1-12(2)25-11-22-14-15(20-9-13-7-5-6-8-19-13)23-17(24-16(14)25)21-10-18(3,4)26;1-2/h5-8,11-12,26H,9-10H2,1-4H3,(H2,20,21,23,24);1-2H3. The van der Waals surface area contributed by atoms with E-state index in [1.54, 1.807) is 26.4 Å². The molecule has 8 heteroatoms. The van der Waals surface area contributed by atoms with Crippen molar-refractivity contribution in [3.63, 3.8) is 0 Å². The van der Waals surface area contributed by atoms with Crippen molar-refractivity contribution >= 4 is 22.9 Å². The normalized spacial score (nSPS) is 11.3. The molecule has 0 unspecified atom stereocenters. The van der Waals surface area contributed by atoms with Crippen molar-refractivity contribution in [2.75, 3.05) is 17.2 Å². The van der Waals surface area contributed by atoms with Gasteiger partial charge in [0.15, 0.2) is 17.0 Å². The molecule has 0 aromatic carbocycles. The molecule has 3 heterocycles. The highest BCUT2D eigenvalue weighted by Gasteiger charge is 2.17. The Balaban J connectivity index is 0.00000136. The van der Waals surface area contributed by atoms with Crippen molar-refractivity contribution in [3.05, 3.63) is 36.4 Å². The van der Waals surface area contributed by atoms with Crippen LogP contribution in [0, 0.1) is 0 Å². The zero-order valence-corrected chi connectivity index (χ0v) is 17.6. The smallest absolute Gasteiger partial charge is 0.226 e. The molecule has 0 saturated heterocycles. The minimum atomic E-state index is -0.863. The molecule has 0 fully saturated rings. The second-order valence-corrected chi connectivity index (χ2v) is 7.15. The third kappa shape index (κ3) is 5.63. The number of fused-ring (bicyclic) bond motifs is 1. The maximum atomic E-state index is 9.96. The van der Waals surface area contributed by atoms with Crippen LogP contribution >= 0.6 is 0 Å². The quantitative estimate of drug-likeness (QED) is 0.571. The fourth-order valence-corrected chi connectivity index (χ4v) is 2.47. The first-order chi connectivity index (χ1) is 13.3. The number of hydrogen-bond acceptors (Lipinski definition) is 7. The van der Waals surface area contributed by atoms with Gasteiger partial charge in [-0.15, -0.1) is 0 Å². The summed E-state index contributed by atoms with van der Waals surface area (Å²) in [6.07, 6.45) is 3.53. The number of nitrogens with zero attached hydrogens (tertiary/aromatic N) is 5. The van der Waals surface area contributed by atoms with Gasteiger partial charge in [-0.25, -0.2) is 4.98 Å². The topological polar surface area (TPSA) is 101 Å². The molecular formula is C20H31N7O. The third-order valence-corrected chi connectivity index (χ3v) is 3.82. The largest absolute Gasteiger partial charge is 0.389 e. The Bertz CT molecular complexity index is 869. The number of anilines is 2. The fourth-order valence-electron chi connectivity index (χ4n) is 2.47. The Hall–Kier alpha value is -2.74. The Labute approximate surface area is 166 Å². The van der Waals surface area contributed by atoms with Gasteiger partial charge in [-0.2, -0.15) is 9.97 Å². The molecule has 3 rings (SSSR count). The first kappa shape index (κ1) is 21.6. The van der Waals surface area contributed by atoms with E-state index in [9.17, 15) is 5.11 Å². The van der Waals surface area contributed by atoms with Crippen LogP contribution in [0.15, 0.2) is 30.7 Å². The summed E-state index contributed by atoms with van der Waals surface area (Å²) in [5.41, 5.74) is 1.51. The van der Waals surface area contributed by atoms with E-state index in [1.165, 1.54) is 0 Å². The molecule has 0 aliphatic carbocycles. The molecule has 0 radical (unpaired) electrons. The lowest BCUT2D eigenvalue weighted by molar-refractivity contribution is 0.0943. The molecular weight excluding hydrogens is 354 g/mol. The minimum absolute atomic E-state index is 0.223. The van der Waals surface area contributed by atoms with Crippen LogP contribution in [0.3, 0.4) is 0 Å². The molecule has 0 saturated carbocycles. The van der Waals surface area contributed by atoms with E-state index in [0.717, 1.165) is 11.3 Å². The summed E-state index contributed by atoms with van der Waals surface area (Å²) in [5, 5.41) is 16.4. The summed E-state index contributed by atoms with van der Waals surface area (Å²) in [6, 6.07) is 6.00. The SMILES string of the molecule is CC.CC(C)n1cnc2c(NCc3ccccn3)nc(NCC(C)(C)O)nc21. The predicted molar refractivity (Wildman–Crippen MR) is 113 cm³/mol. The van der Waals surface area contributed by atoms with Crippen LogP contribution in [0.1, 0.15) is 53.3 Å². The van der Waals surface area contributed by atoms with Gasteiger partial charge in [0.2, 0.25) is 5.95 Å². The van der Waals surface area contributed by atoms with Gasteiger partial charge in [0, 0.05) is 18.8 Å². The highest BCUT2D eigenvalue weighted by atomic mass is 16.3. The molecule has 28 heavy (non-hydrogen) atoms. The number of hydrogen-bond donors (Lipinski definition) is 3. The molecule has 152 valence electrons. The summed E-state index contributed by atoms with van der Waals surface area (Å²) >= 11 is 0. The van der Waals surface area contributed by atoms with Crippen molar-refractivity contribution in [2.45, 2.75) is 59.7 Å². The molecule has 0 atom stereocenters. The lowest BCUT2D eigenvalue weighted by Crippen LogP contribution is -2.30. The third-order valence-electron chi connectivity index (χ3n) is 3.82. The Morgan fingerprint density at radius 1 is 1.11 bits per heavy atom. The maximum Gasteiger partial charge on any atom is 0.226 e. The first-order valence-electron chi connectivity index (χ1n) is 9.68. The van der Waals surface area contributed by atoms with Crippen molar-refractivity contribution in [2.24, 2.45) is 0 Å². The Morgan fingerprint density at radius 2 is 1.86 bits per heavy atom. The van der Waals surface area contributed by atoms with E-state index in [0.29, 0.717) is 30.4 Å². The molecule has 3 aromatic rings. The minimum Gasteiger partial charge on any atom is -0.389 e. The Morgan fingerprint density at radius 3 is 2.46 bits per heavy atom. The molecule has 0 spiro atoms. The highest BCUT2D eigenvalue weighted by molar-refractivity contribution is 5.84. The van der Waals surface area contributed by atoms with Gasteiger partial charge in [-0.3, -0.25) is 4.98 Å². The summed E-state index contributed by atoms with van der Waals surface area (Å²) in [5.74, 6) is 1.09. The van der Waals surface area contributed by atoms with Crippen LogP contribution in [-0.2, 0) is 6.54 Å². The summed E-state index contributed by atoms with van der Waals surface area (Å²) in [6.45, 7) is 12.5. The monoisotopic (exact) mass is 385 g/mol. The second kappa shape index (κ2) is 9.45. The van der Waals surface area contributed by atoms with Crippen LogP contribution in [0.5, 0.6) is 0 Å². The summed E-state index contributed by atoms with van der Waals surface area (Å²) in [4.78, 5) is 17.9. The number of pyridine rings is 1. The van der Waals surface area contributed by atoms with Gasteiger partial charge in [0.25, 0.3) is 0 Å². The molecule has 3 N–H and O–H groups in total. The van der Waals surface area contributed by atoms with Crippen LogP contribution in [0.25, 0.3) is 11.2 Å². The van der Waals surface area contributed by atoms with Crippen LogP contribution in [0.4, 0.5) is 11.8 Å². The fraction of sp³-hybridized carbons (Fsp3) is 0.500. The molecule has 0 amide bonds. The number of aromatic nitrogens is 5. The van der Waals surface area contributed by atoms with Gasteiger partial charge in [-0.05, 0) is 39.8 Å². The maximum absolute atomic E-state index is 9.96. The lowest BCUT2D eigenvalue weighted by Gasteiger charge is -2.18. The van der Waals surface area contributed by atoms with Gasteiger partial charge < -0.3 is 20.3 Å².